The zero-order valence-corrected chi connectivity index (χ0v) is 15.8. The van der Waals surface area contributed by atoms with E-state index in [0.29, 0.717) is 11.5 Å². The van der Waals surface area contributed by atoms with E-state index in [1.165, 1.54) is 5.56 Å². The molecule has 5 nitrogen and oxygen atoms in total. The summed E-state index contributed by atoms with van der Waals surface area (Å²) in [4.78, 5) is 15.9. The zero-order valence-electron chi connectivity index (χ0n) is 15.0. The molecule has 1 heterocycles. The Morgan fingerprint density at radius 3 is 2.80 bits per heavy atom. The van der Waals surface area contributed by atoms with Gasteiger partial charge in [0, 0.05) is 32.7 Å². The van der Waals surface area contributed by atoms with E-state index < -0.39 is 0 Å². The van der Waals surface area contributed by atoms with Gasteiger partial charge in [0.05, 0.1) is 0 Å². The van der Waals surface area contributed by atoms with Crippen LogP contribution in [0.25, 0.3) is 0 Å². The van der Waals surface area contributed by atoms with Crippen molar-refractivity contribution >= 4 is 23.2 Å². The van der Waals surface area contributed by atoms with Crippen LogP contribution in [0.1, 0.15) is 34.3 Å². The number of rotatable bonds is 7. The minimum Gasteiger partial charge on any atom is -0.356 e. The van der Waals surface area contributed by atoms with Crippen molar-refractivity contribution in [2.75, 3.05) is 27.2 Å². The molecule has 0 saturated carbocycles. The molecular weight excluding hydrogens is 332 g/mol. The topological polar surface area (TPSA) is 65.5 Å². The molecule has 1 unspecified atom stereocenters. The van der Waals surface area contributed by atoms with E-state index in [2.05, 4.69) is 44.7 Å². The molecule has 3 N–H and O–H groups in total. The summed E-state index contributed by atoms with van der Waals surface area (Å²) in [5, 5.41) is 13.6. The highest BCUT2D eigenvalue weighted by Crippen LogP contribution is 2.16. The number of benzene rings is 1. The minimum absolute atomic E-state index is 0.0605. The fourth-order valence-electron chi connectivity index (χ4n) is 2.48. The number of hydrogen-bond acceptors (Lipinski definition) is 3. The molecule has 0 spiro atoms. The van der Waals surface area contributed by atoms with Gasteiger partial charge >= 0.3 is 0 Å². The SMILES string of the molecule is CN=C(NCCc1cccc(C(=O)NC)c1)NCC(C)c1ccsc1. The standard InChI is InChI=1S/C19H26N4OS/c1-14(17-8-10-25-13-17)12-23-19(21-3)22-9-7-15-5-4-6-16(11-15)18(24)20-2/h4-6,8,10-11,13-14H,7,9,12H2,1-3H3,(H,20,24)(H2,21,22,23). The highest BCUT2D eigenvalue weighted by Gasteiger charge is 2.07. The maximum atomic E-state index is 11.7. The number of carbonyl (C=O) groups excluding carboxylic acids is 1. The van der Waals surface area contributed by atoms with Crippen LogP contribution in [0.4, 0.5) is 0 Å². The van der Waals surface area contributed by atoms with Crippen LogP contribution in [0.2, 0.25) is 0 Å². The Bertz CT molecular complexity index is 697. The first-order valence-electron chi connectivity index (χ1n) is 8.41. The number of nitrogens with one attached hydrogen (secondary N) is 3. The number of nitrogens with zero attached hydrogens (tertiary/aromatic N) is 1. The van der Waals surface area contributed by atoms with Gasteiger partial charge in [0.15, 0.2) is 5.96 Å². The predicted octanol–water partition coefficient (Wildman–Crippen LogP) is 2.62. The van der Waals surface area contributed by atoms with Crippen molar-refractivity contribution in [3.8, 4) is 0 Å². The number of carbonyl (C=O) groups is 1. The van der Waals surface area contributed by atoms with Crippen molar-refractivity contribution in [3.63, 3.8) is 0 Å². The lowest BCUT2D eigenvalue weighted by atomic mass is 10.1. The van der Waals surface area contributed by atoms with Gasteiger partial charge in [-0.3, -0.25) is 9.79 Å². The first-order chi connectivity index (χ1) is 12.1. The number of guanidine groups is 1. The Morgan fingerprint density at radius 1 is 1.28 bits per heavy atom. The minimum atomic E-state index is -0.0605. The smallest absolute Gasteiger partial charge is 0.251 e. The Labute approximate surface area is 153 Å². The van der Waals surface area contributed by atoms with Gasteiger partial charge in [-0.2, -0.15) is 11.3 Å². The van der Waals surface area contributed by atoms with Crippen molar-refractivity contribution in [1.82, 2.24) is 16.0 Å². The lowest BCUT2D eigenvalue weighted by Crippen LogP contribution is -2.39. The van der Waals surface area contributed by atoms with E-state index in [9.17, 15) is 4.79 Å². The maximum absolute atomic E-state index is 11.7. The van der Waals surface area contributed by atoms with E-state index in [4.69, 9.17) is 0 Å². The monoisotopic (exact) mass is 358 g/mol. The molecule has 1 aromatic heterocycles. The van der Waals surface area contributed by atoms with Gasteiger partial charge in [0.2, 0.25) is 0 Å². The highest BCUT2D eigenvalue weighted by atomic mass is 32.1. The first-order valence-corrected chi connectivity index (χ1v) is 9.36. The van der Waals surface area contributed by atoms with Crippen molar-refractivity contribution in [3.05, 3.63) is 57.8 Å². The Balaban J connectivity index is 1.78. The molecule has 25 heavy (non-hydrogen) atoms. The molecule has 0 aliphatic heterocycles. The van der Waals surface area contributed by atoms with Crippen LogP contribution in [0.5, 0.6) is 0 Å². The van der Waals surface area contributed by atoms with Crippen LogP contribution in [0.15, 0.2) is 46.1 Å². The number of aliphatic imine (C=N–C) groups is 1. The molecule has 0 aliphatic rings. The Kier molecular flexibility index (Phi) is 7.47. The zero-order chi connectivity index (χ0) is 18.1. The lowest BCUT2D eigenvalue weighted by molar-refractivity contribution is 0.0963. The van der Waals surface area contributed by atoms with Crippen molar-refractivity contribution < 1.29 is 4.79 Å². The van der Waals surface area contributed by atoms with Gasteiger partial charge in [0.1, 0.15) is 0 Å². The molecule has 1 aromatic carbocycles. The predicted molar refractivity (Wildman–Crippen MR) is 106 cm³/mol. The third-order valence-electron chi connectivity index (χ3n) is 4.03. The van der Waals surface area contributed by atoms with E-state index in [1.54, 1.807) is 25.4 Å². The Morgan fingerprint density at radius 2 is 2.12 bits per heavy atom. The molecule has 1 amide bonds. The van der Waals surface area contributed by atoms with Crippen LogP contribution < -0.4 is 16.0 Å². The van der Waals surface area contributed by atoms with Crippen LogP contribution in [-0.2, 0) is 6.42 Å². The summed E-state index contributed by atoms with van der Waals surface area (Å²) in [6.45, 7) is 3.79. The average Bonchev–Trinajstić information content (AvgIpc) is 3.18. The summed E-state index contributed by atoms with van der Waals surface area (Å²) in [5.74, 6) is 1.17. The number of amides is 1. The second kappa shape index (κ2) is 9.84. The van der Waals surface area contributed by atoms with Gasteiger partial charge < -0.3 is 16.0 Å². The molecule has 6 heteroatoms. The molecular formula is C19H26N4OS. The molecule has 2 rings (SSSR count). The van der Waals surface area contributed by atoms with E-state index in [1.807, 2.05) is 24.3 Å². The Hall–Kier alpha value is -2.34. The summed E-state index contributed by atoms with van der Waals surface area (Å²) in [7, 11) is 3.42. The quantitative estimate of drug-likeness (QED) is 0.527. The maximum Gasteiger partial charge on any atom is 0.251 e. The van der Waals surface area contributed by atoms with Crippen molar-refractivity contribution in [2.45, 2.75) is 19.3 Å². The lowest BCUT2D eigenvalue weighted by Gasteiger charge is -2.15. The van der Waals surface area contributed by atoms with E-state index in [0.717, 1.165) is 31.0 Å². The largest absolute Gasteiger partial charge is 0.356 e. The van der Waals surface area contributed by atoms with Crippen LogP contribution in [0.3, 0.4) is 0 Å². The van der Waals surface area contributed by atoms with Gasteiger partial charge in [-0.25, -0.2) is 0 Å². The summed E-state index contributed by atoms with van der Waals surface area (Å²) in [6.07, 6.45) is 0.825. The normalized spacial score (nSPS) is 12.5. The molecule has 1 atom stereocenters. The molecule has 0 fully saturated rings. The van der Waals surface area contributed by atoms with Gasteiger partial charge in [-0.1, -0.05) is 19.1 Å². The molecule has 0 aliphatic carbocycles. The van der Waals surface area contributed by atoms with Gasteiger partial charge in [0.25, 0.3) is 5.91 Å². The van der Waals surface area contributed by atoms with Crippen LogP contribution in [-0.4, -0.2) is 39.1 Å². The summed E-state index contributed by atoms with van der Waals surface area (Å²) >= 11 is 1.72. The average molecular weight is 359 g/mol. The molecule has 2 aromatic rings. The van der Waals surface area contributed by atoms with Gasteiger partial charge in [-0.05, 0) is 52.4 Å². The molecule has 0 bridgehead atoms. The van der Waals surface area contributed by atoms with Crippen LogP contribution >= 0.6 is 11.3 Å². The fraction of sp³-hybridized carbons (Fsp3) is 0.368. The highest BCUT2D eigenvalue weighted by molar-refractivity contribution is 7.07. The number of hydrogen-bond donors (Lipinski definition) is 3. The third-order valence-corrected chi connectivity index (χ3v) is 4.74. The van der Waals surface area contributed by atoms with Crippen molar-refractivity contribution in [1.29, 1.82) is 0 Å². The summed E-state index contributed by atoms with van der Waals surface area (Å²) in [6, 6.07) is 9.85. The van der Waals surface area contributed by atoms with Gasteiger partial charge in [-0.15, -0.1) is 0 Å². The second-order valence-corrected chi connectivity index (χ2v) is 6.65. The fourth-order valence-corrected chi connectivity index (χ4v) is 3.26. The number of thiophene rings is 1. The molecule has 134 valence electrons. The third kappa shape index (κ3) is 5.90. The second-order valence-electron chi connectivity index (χ2n) is 5.87. The first kappa shape index (κ1) is 19.0. The van der Waals surface area contributed by atoms with Crippen molar-refractivity contribution in [2.24, 2.45) is 4.99 Å². The molecule has 0 saturated heterocycles. The van der Waals surface area contributed by atoms with Crippen LogP contribution in [0, 0.1) is 0 Å². The van der Waals surface area contributed by atoms with E-state index >= 15 is 0 Å². The summed E-state index contributed by atoms with van der Waals surface area (Å²) in [5.41, 5.74) is 3.15. The summed E-state index contributed by atoms with van der Waals surface area (Å²) < 4.78 is 0. The molecule has 0 radical (unpaired) electrons. The van der Waals surface area contributed by atoms with E-state index in [-0.39, 0.29) is 5.91 Å².